The lowest BCUT2D eigenvalue weighted by Gasteiger charge is -2.21. The molecule has 14 heavy (non-hydrogen) atoms. The van der Waals surface area contributed by atoms with Gasteiger partial charge in [0.05, 0.1) is 12.6 Å². The van der Waals surface area contributed by atoms with E-state index in [-0.39, 0.29) is 0 Å². The third kappa shape index (κ3) is 1.10. The molecule has 0 radical (unpaired) electrons. The normalized spacial score (nSPS) is 29.1. The van der Waals surface area contributed by atoms with Crippen molar-refractivity contribution in [2.45, 2.75) is 12.5 Å². The first-order valence-electron chi connectivity index (χ1n) is 4.74. The molecular formula is C10H12NO2P. The lowest BCUT2D eigenvalue weighted by Crippen LogP contribution is -2.22. The quantitative estimate of drug-likeness (QED) is 0.662. The molecule has 0 saturated carbocycles. The molecule has 4 heteroatoms. The van der Waals surface area contributed by atoms with Crippen LogP contribution in [0.4, 0.5) is 5.69 Å². The Morgan fingerprint density at radius 2 is 2.36 bits per heavy atom. The zero-order valence-corrected chi connectivity index (χ0v) is 8.91. The van der Waals surface area contributed by atoms with E-state index in [9.17, 15) is 0 Å². The van der Waals surface area contributed by atoms with Gasteiger partial charge in [-0.2, -0.15) is 0 Å². The van der Waals surface area contributed by atoms with Crippen molar-refractivity contribution in [2.24, 2.45) is 0 Å². The molecule has 0 aromatic heterocycles. The summed E-state index contributed by atoms with van der Waals surface area (Å²) in [7, 11) is 0.881. The van der Waals surface area contributed by atoms with Crippen molar-refractivity contribution >= 4 is 14.2 Å². The molecule has 1 fully saturated rings. The molecular weight excluding hydrogens is 197 g/mol. The van der Waals surface area contributed by atoms with E-state index in [4.69, 9.17) is 9.05 Å². The molecule has 1 saturated heterocycles. The second-order valence-electron chi connectivity index (χ2n) is 3.55. The van der Waals surface area contributed by atoms with Gasteiger partial charge in [-0.1, -0.05) is 18.2 Å². The summed E-state index contributed by atoms with van der Waals surface area (Å²) in [5.41, 5.74) is 2.72. The van der Waals surface area contributed by atoms with Gasteiger partial charge in [0.15, 0.2) is 0 Å². The molecule has 0 amide bonds. The van der Waals surface area contributed by atoms with Crippen molar-refractivity contribution in [1.82, 2.24) is 0 Å². The van der Waals surface area contributed by atoms with Gasteiger partial charge in [0.2, 0.25) is 0 Å². The molecule has 0 N–H and O–H groups in total. The lowest BCUT2D eigenvalue weighted by molar-refractivity contribution is 0.307. The maximum absolute atomic E-state index is 5.59. The number of nitrogens with zero attached hydrogens (tertiary/aromatic N) is 1. The second kappa shape index (κ2) is 3.20. The number of hydrogen-bond donors (Lipinski definition) is 0. The molecule has 0 unspecified atom stereocenters. The topological polar surface area (TPSA) is 21.7 Å². The maximum atomic E-state index is 5.59. The zero-order valence-electron chi connectivity index (χ0n) is 8.01. The summed E-state index contributed by atoms with van der Waals surface area (Å²) < 4.78 is 13.2. The fourth-order valence-electron chi connectivity index (χ4n) is 2.15. The summed E-state index contributed by atoms with van der Waals surface area (Å²) in [5, 5.41) is 0. The molecule has 1 aromatic carbocycles. The Labute approximate surface area is 84.6 Å². The van der Waals surface area contributed by atoms with Crippen molar-refractivity contribution in [3.8, 4) is 0 Å². The van der Waals surface area contributed by atoms with Crippen LogP contribution < -0.4 is 4.67 Å². The van der Waals surface area contributed by atoms with E-state index in [1.807, 2.05) is 0 Å². The van der Waals surface area contributed by atoms with E-state index in [1.54, 1.807) is 7.11 Å². The van der Waals surface area contributed by atoms with Crippen molar-refractivity contribution < 1.29 is 9.05 Å². The van der Waals surface area contributed by atoms with Crippen LogP contribution in [0.3, 0.4) is 0 Å². The molecule has 2 atom stereocenters. The van der Waals surface area contributed by atoms with Crippen molar-refractivity contribution in [1.29, 1.82) is 0 Å². The molecule has 0 aliphatic carbocycles. The Kier molecular flexibility index (Phi) is 1.98. The van der Waals surface area contributed by atoms with Crippen molar-refractivity contribution in [2.75, 3.05) is 18.4 Å². The van der Waals surface area contributed by atoms with E-state index in [0.717, 1.165) is 13.0 Å². The second-order valence-corrected chi connectivity index (χ2v) is 5.08. The number of fused-ring (bicyclic) bond motifs is 3. The van der Waals surface area contributed by atoms with Crippen LogP contribution in [0.15, 0.2) is 24.3 Å². The highest BCUT2D eigenvalue weighted by Crippen LogP contribution is 2.55. The number of anilines is 1. The number of hydrogen-bond acceptors (Lipinski definition) is 3. The Balaban J connectivity index is 2.02. The smallest absolute Gasteiger partial charge is 0.290 e. The van der Waals surface area contributed by atoms with Gasteiger partial charge in [0.25, 0.3) is 8.53 Å². The number of rotatable bonds is 1. The largest absolute Gasteiger partial charge is 0.321 e. The van der Waals surface area contributed by atoms with Crippen LogP contribution in [0.2, 0.25) is 0 Å². The monoisotopic (exact) mass is 209 g/mol. The van der Waals surface area contributed by atoms with Gasteiger partial charge >= 0.3 is 0 Å². The van der Waals surface area contributed by atoms with Crippen LogP contribution in [0.5, 0.6) is 0 Å². The highest BCUT2D eigenvalue weighted by atomic mass is 31.2. The van der Waals surface area contributed by atoms with Crippen LogP contribution in [0, 0.1) is 0 Å². The minimum Gasteiger partial charge on any atom is -0.321 e. The first-order valence-corrected chi connectivity index (χ1v) is 5.87. The Morgan fingerprint density at radius 1 is 1.50 bits per heavy atom. The molecule has 3 rings (SSSR count). The average molecular weight is 209 g/mol. The summed E-state index contributed by atoms with van der Waals surface area (Å²) in [6.45, 7) is 0.800. The number of para-hydroxylation sites is 1. The van der Waals surface area contributed by atoms with Crippen LogP contribution in [-0.2, 0) is 15.5 Å². The number of benzene rings is 1. The van der Waals surface area contributed by atoms with Gasteiger partial charge < -0.3 is 13.7 Å². The van der Waals surface area contributed by atoms with Gasteiger partial charge in [0.1, 0.15) is 0 Å². The summed E-state index contributed by atoms with van der Waals surface area (Å²) >= 11 is 0. The molecule has 1 aromatic rings. The van der Waals surface area contributed by atoms with Gasteiger partial charge in [-0.15, -0.1) is 0 Å². The fourth-order valence-corrected chi connectivity index (χ4v) is 3.64. The van der Waals surface area contributed by atoms with Crippen LogP contribution in [0.1, 0.15) is 5.56 Å². The van der Waals surface area contributed by atoms with E-state index in [2.05, 4.69) is 28.9 Å². The van der Waals surface area contributed by atoms with Crippen LogP contribution in [-0.4, -0.2) is 19.8 Å². The summed E-state index contributed by atoms with van der Waals surface area (Å²) in [4.78, 5) is 0. The molecule has 2 heterocycles. The first-order chi connectivity index (χ1) is 6.90. The van der Waals surface area contributed by atoms with E-state index in [0.29, 0.717) is 6.04 Å². The molecule has 2 aliphatic rings. The minimum absolute atomic E-state index is 0.499. The van der Waals surface area contributed by atoms with Crippen LogP contribution >= 0.6 is 8.53 Å². The predicted molar refractivity (Wildman–Crippen MR) is 56.3 cm³/mol. The predicted octanol–water partition coefficient (Wildman–Crippen LogP) is 2.32. The van der Waals surface area contributed by atoms with Gasteiger partial charge in [0, 0.05) is 12.8 Å². The van der Waals surface area contributed by atoms with Crippen LogP contribution in [0.25, 0.3) is 0 Å². The van der Waals surface area contributed by atoms with Gasteiger partial charge in [-0.25, -0.2) is 0 Å². The van der Waals surface area contributed by atoms with Crippen molar-refractivity contribution in [3.63, 3.8) is 0 Å². The van der Waals surface area contributed by atoms with Gasteiger partial charge in [-0.05, 0) is 18.1 Å². The minimum atomic E-state index is -0.837. The maximum Gasteiger partial charge on any atom is 0.290 e. The third-order valence-electron chi connectivity index (χ3n) is 2.75. The van der Waals surface area contributed by atoms with E-state index < -0.39 is 8.53 Å². The average Bonchev–Trinajstić information content (AvgIpc) is 2.75. The molecule has 3 nitrogen and oxygen atoms in total. The fraction of sp³-hybridized carbons (Fsp3) is 0.400. The molecule has 0 bridgehead atoms. The third-order valence-corrected chi connectivity index (χ3v) is 4.33. The summed E-state index contributed by atoms with van der Waals surface area (Å²) in [6.07, 6.45) is 1.10. The van der Waals surface area contributed by atoms with E-state index in [1.165, 1.54) is 11.3 Å². The molecule has 2 aliphatic heterocycles. The SMILES string of the molecule is CO[P@]1OC[C@@H]2Cc3ccccc3N21. The zero-order chi connectivity index (χ0) is 9.54. The first kappa shape index (κ1) is 8.66. The van der Waals surface area contributed by atoms with Crippen molar-refractivity contribution in [3.05, 3.63) is 29.8 Å². The van der Waals surface area contributed by atoms with E-state index >= 15 is 0 Å². The summed E-state index contributed by atoms with van der Waals surface area (Å²) in [5.74, 6) is 0. The molecule has 0 spiro atoms. The Hall–Kier alpha value is -0.630. The van der Waals surface area contributed by atoms with Gasteiger partial charge in [-0.3, -0.25) is 0 Å². The molecule has 74 valence electrons. The standard InChI is InChI=1S/C10H12NO2P/c1-12-14-11-9(7-13-14)6-8-4-2-3-5-10(8)11/h2-5,9H,6-7H2,1H3/t9-,14+/m0/s1. The highest BCUT2D eigenvalue weighted by molar-refractivity contribution is 7.49. The Bertz CT molecular complexity index is 356. The summed E-state index contributed by atoms with van der Waals surface area (Å²) in [6, 6.07) is 9.01. The lowest BCUT2D eigenvalue weighted by atomic mass is 10.1. The highest BCUT2D eigenvalue weighted by Gasteiger charge is 2.41. The Morgan fingerprint density at radius 3 is 3.21 bits per heavy atom.